The van der Waals surface area contributed by atoms with E-state index in [1.165, 1.54) is 0 Å². The van der Waals surface area contributed by atoms with Crippen LogP contribution in [0.4, 0.5) is 0 Å². The summed E-state index contributed by atoms with van der Waals surface area (Å²) in [4.78, 5) is 12.2. The highest BCUT2D eigenvalue weighted by atomic mass is 16.5. The number of nitrogens with two attached hydrogens (primary N) is 1. The van der Waals surface area contributed by atoms with E-state index in [-0.39, 0.29) is 12.0 Å². The van der Waals surface area contributed by atoms with Crippen LogP contribution in [-0.2, 0) is 15.1 Å². The van der Waals surface area contributed by atoms with Gasteiger partial charge in [0.25, 0.3) is 0 Å². The van der Waals surface area contributed by atoms with Crippen molar-refractivity contribution >= 4 is 5.91 Å². The first kappa shape index (κ1) is 15.0. The summed E-state index contributed by atoms with van der Waals surface area (Å²) in [5.41, 5.74) is 6.38. The van der Waals surface area contributed by atoms with Crippen molar-refractivity contribution in [2.75, 3.05) is 13.2 Å². The average Bonchev–Trinajstić information content (AvgIpc) is 2.49. The fraction of sp³-hybridized carbons (Fsp3) is 0.562. The predicted molar refractivity (Wildman–Crippen MR) is 79.2 cm³/mol. The van der Waals surface area contributed by atoms with Crippen molar-refractivity contribution in [2.24, 2.45) is 5.73 Å². The zero-order valence-corrected chi connectivity index (χ0v) is 12.1. The molecule has 20 heavy (non-hydrogen) atoms. The molecule has 2 unspecified atom stereocenters. The standard InChI is InChI=1S/C16H24N2O2/c1-16(12-17,13-7-3-2-4-8-13)18-15(19)11-14-9-5-6-10-20-14/h2-4,7-8,14H,5-6,9-12,17H2,1H3,(H,18,19). The molecule has 1 aliphatic heterocycles. The number of nitrogens with one attached hydrogen (secondary N) is 1. The van der Waals surface area contributed by atoms with E-state index in [2.05, 4.69) is 5.32 Å². The Morgan fingerprint density at radius 3 is 2.75 bits per heavy atom. The molecule has 0 aromatic heterocycles. The summed E-state index contributed by atoms with van der Waals surface area (Å²) in [6, 6.07) is 9.85. The smallest absolute Gasteiger partial charge is 0.223 e. The lowest BCUT2D eigenvalue weighted by Gasteiger charge is -2.31. The van der Waals surface area contributed by atoms with Crippen molar-refractivity contribution in [1.82, 2.24) is 5.32 Å². The maximum Gasteiger partial charge on any atom is 0.223 e. The predicted octanol–water partition coefficient (Wildman–Crippen LogP) is 1.94. The molecule has 110 valence electrons. The van der Waals surface area contributed by atoms with E-state index >= 15 is 0 Å². The highest BCUT2D eigenvalue weighted by Crippen LogP contribution is 2.21. The van der Waals surface area contributed by atoms with Gasteiger partial charge in [0.05, 0.1) is 18.1 Å². The van der Waals surface area contributed by atoms with Gasteiger partial charge < -0.3 is 15.8 Å². The Balaban J connectivity index is 1.96. The van der Waals surface area contributed by atoms with Crippen molar-refractivity contribution in [1.29, 1.82) is 0 Å². The Morgan fingerprint density at radius 1 is 1.40 bits per heavy atom. The number of hydrogen-bond donors (Lipinski definition) is 2. The second kappa shape index (κ2) is 6.86. The average molecular weight is 276 g/mol. The van der Waals surface area contributed by atoms with Crippen LogP contribution in [0, 0.1) is 0 Å². The van der Waals surface area contributed by atoms with Crippen LogP contribution >= 0.6 is 0 Å². The van der Waals surface area contributed by atoms with Gasteiger partial charge in [0.15, 0.2) is 0 Å². The SMILES string of the molecule is CC(CN)(NC(=O)CC1CCCCO1)c1ccccc1. The molecule has 0 saturated carbocycles. The van der Waals surface area contributed by atoms with Crippen molar-refractivity contribution in [3.63, 3.8) is 0 Å². The second-order valence-corrected chi connectivity index (χ2v) is 5.64. The number of rotatable bonds is 5. The second-order valence-electron chi connectivity index (χ2n) is 5.64. The Morgan fingerprint density at radius 2 is 2.15 bits per heavy atom. The number of benzene rings is 1. The van der Waals surface area contributed by atoms with Crippen LogP contribution < -0.4 is 11.1 Å². The summed E-state index contributed by atoms with van der Waals surface area (Å²) in [7, 11) is 0. The van der Waals surface area contributed by atoms with Gasteiger partial charge in [-0.1, -0.05) is 30.3 Å². The van der Waals surface area contributed by atoms with Crippen LogP contribution in [-0.4, -0.2) is 25.2 Å². The lowest BCUT2D eigenvalue weighted by atomic mass is 9.91. The van der Waals surface area contributed by atoms with Gasteiger partial charge in [-0.25, -0.2) is 0 Å². The summed E-state index contributed by atoms with van der Waals surface area (Å²) < 4.78 is 5.61. The zero-order valence-electron chi connectivity index (χ0n) is 12.1. The first-order chi connectivity index (χ1) is 9.64. The number of carbonyl (C=O) groups is 1. The summed E-state index contributed by atoms with van der Waals surface area (Å²) in [5, 5.41) is 3.06. The van der Waals surface area contributed by atoms with Crippen LogP contribution in [0.3, 0.4) is 0 Å². The number of hydrogen-bond acceptors (Lipinski definition) is 3. The molecular formula is C16H24N2O2. The van der Waals surface area contributed by atoms with Crippen molar-refractivity contribution < 1.29 is 9.53 Å². The third-order valence-electron chi connectivity index (χ3n) is 3.92. The lowest BCUT2D eigenvalue weighted by Crippen LogP contribution is -2.49. The third kappa shape index (κ3) is 3.81. The monoisotopic (exact) mass is 276 g/mol. The molecule has 4 heteroatoms. The maximum absolute atomic E-state index is 12.2. The fourth-order valence-corrected chi connectivity index (χ4v) is 2.58. The Hall–Kier alpha value is -1.39. The van der Waals surface area contributed by atoms with Crippen LogP contribution in [0.25, 0.3) is 0 Å². The zero-order chi connectivity index (χ0) is 14.4. The molecule has 4 nitrogen and oxygen atoms in total. The van der Waals surface area contributed by atoms with Gasteiger partial charge >= 0.3 is 0 Å². The third-order valence-corrected chi connectivity index (χ3v) is 3.92. The minimum atomic E-state index is -0.521. The van der Waals surface area contributed by atoms with Crippen molar-refractivity contribution in [3.05, 3.63) is 35.9 Å². The van der Waals surface area contributed by atoms with Crippen molar-refractivity contribution in [3.8, 4) is 0 Å². The molecule has 1 amide bonds. The van der Waals surface area contributed by atoms with Gasteiger partial charge in [-0.15, -0.1) is 0 Å². The minimum Gasteiger partial charge on any atom is -0.378 e. The molecule has 1 saturated heterocycles. The molecule has 0 bridgehead atoms. The van der Waals surface area contributed by atoms with Crippen molar-refractivity contribution in [2.45, 2.75) is 44.2 Å². The topological polar surface area (TPSA) is 64.3 Å². The van der Waals surface area contributed by atoms with E-state index in [0.29, 0.717) is 13.0 Å². The largest absolute Gasteiger partial charge is 0.378 e. The lowest BCUT2D eigenvalue weighted by molar-refractivity contribution is -0.126. The van der Waals surface area contributed by atoms with E-state index in [0.717, 1.165) is 31.4 Å². The normalized spacial score (nSPS) is 22.0. The minimum absolute atomic E-state index is 0.00806. The van der Waals surface area contributed by atoms with Gasteiger partial charge in [-0.05, 0) is 31.7 Å². The molecule has 0 spiro atoms. The molecule has 3 N–H and O–H groups in total. The summed E-state index contributed by atoms with van der Waals surface area (Å²) >= 11 is 0. The highest BCUT2D eigenvalue weighted by molar-refractivity contribution is 5.77. The number of amides is 1. The van der Waals surface area contributed by atoms with E-state index < -0.39 is 5.54 Å². The highest BCUT2D eigenvalue weighted by Gasteiger charge is 2.28. The van der Waals surface area contributed by atoms with Crippen LogP contribution in [0.2, 0.25) is 0 Å². The summed E-state index contributed by atoms with van der Waals surface area (Å²) in [5.74, 6) is 0.00806. The molecule has 2 atom stereocenters. The molecular weight excluding hydrogens is 252 g/mol. The van der Waals surface area contributed by atoms with Crippen LogP contribution in [0.1, 0.15) is 38.2 Å². The fourth-order valence-electron chi connectivity index (χ4n) is 2.58. The van der Waals surface area contributed by atoms with E-state index in [1.807, 2.05) is 37.3 Å². The van der Waals surface area contributed by atoms with E-state index in [4.69, 9.17) is 10.5 Å². The van der Waals surface area contributed by atoms with Crippen LogP contribution in [0.15, 0.2) is 30.3 Å². The van der Waals surface area contributed by atoms with Gasteiger partial charge in [0, 0.05) is 13.2 Å². The molecule has 1 aromatic rings. The Bertz CT molecular complexity index is 429. The number of carbonyl (C=O) groups excluding carboxylic acids is 1. The molecule has 2 rings (SSSR count). The van der Waals surface area contributed by atoms with Gasteiger partial charge in [-0.3, -0.25) is 4.79 Å². The molecule has 0 radical (unpaired) electrons. The molecule has 1 aliphatic rings. The summed E-state index contributed by atoms with van der Waals surface area (Å²) in [6.45, 7) is 3.10. The summed E-state index contributed by atoms with van der Waals surface area (Å²) in [6.07, 6.45) is 3.69. The van der Waals surface area contributed by atoms with E-state index in [1.54, 1.807) is 0 Å². The Labute approximate surface area is 120 Å². The van der Waals surface area contributed by atoms with Gasteiger partial charge in [0.1, 0.15) is 0 Å². The molecule has 1 fully saturated rings. The van der Waals surface area contributed by atoms with Gasteiger partial charge in [-0.2, -0.15) is 0 Å². The quantitative estimate of drug-likeness (QED) is 0.863. The van der Waals surface area contributed by atoms with Gasteiger partial charge in [0.2, 0.25) is 5.91 Å². The molecule has 1 heterocycles. The maximum atomic E-state index is 12.2. The molecule has 1 aromatic carbocycles. The Kier molecular flexibility index (Phi) is 5.15. The van der Waals surface area contributed by atoms with Crippen LogP contribution in [0.5, 0.6) is 0 Å². The first-order valence-corrected chi connectivity index (χ1v) is 7.32. The molecule has 0 aliphatic carbocycles. The van der Waals surface area contributed by atoms with E-state index in [9.17, 15) is 4.79 Å². The first-order valence-electron chi connectivity index (χ1n) is 7.32. The number of ether oxygens (including phenoxy) is 1.